The SMILES string of the molecule is CCc1ccnc(C(=O)NC(C)(C)C)c1. The molecule has 3 heteroatoms. The van der Waals surface area contributed by atoms with E-state index in [1.165, 1.54) is 0 Å². The maximum atomic E-state index is 11.8. The van der Waals surface area contributed by atoms with Crippen LogP contribution in [0.2, 0.25) is 0 Å². The number of nitrogens with one attached hydrogen (secondary N) is 1. The van der Waals surface area contributed by atoms with Crippen molar-refractivity contribution in [1.82, 2.24) is 10.3 Å². The average Bonchev–Trinajstić information content (AvgIpc) is 2.15. The van der Waals surface area contributed by atoms with Crippen LogP contribution in [0.3, 0.4) is 0 Å². The summed E-state index contributed by atoms with van der Waals surface area (Å²) in [5.41, 5.74) is 1.40. The monoisotopic (exact) mass is 206 g/mol. The maximum Gasteiger partial charge on any atom is 0.270 e. The third-order valence-corrected chi connectivity index (χ3v) is 1.95. The second kappa shape index (κ2) is 4.43. The molecule has 1 aromatic heterocycles. The minimum atomic E-state index is -0.221. The molecular formula is C12H18N2O. The van der Waals surface area contributed by atoms with E-state index in [1.54, 1.807) is 6.20 Å². The molecule has 0 atom stereocenters. The highest BCUT2D eigenvalue weighted by atomic mass is 16.2. The molecule has 0 saturated heterocycles. The summed E-state index contributed by atoms with van der Waals surface area (Å²) in [6.45, 7) is 7.92. The van der Waals surface area contributed by atoms with Gasteiger partial charge < -0.3 is 5.32 Å². The highest BCUT2D eigenvalue weighted by molar-refractivity contribution is 5.92. The van der Waals surface area contributed by atoms with E-state index in [-0.39, 0.29) is 11.4 Å². The predicted octanol–water partition coefficient (Wildman–Crippen LogP) is 2.17. The van der Waals surface area contributed by atoms with E-state index in [1.807, 2.05) is 32.9 Å². The fourth-order valence-electron chi connectivity index (χ4n) is 1.22. The Bertz CT molecular complexity index is 353. The largest absolute Gasteiger partial charge is 0.346 e. The molecule has 1 amide bonds. The summed E-state index contributed by atoms with van der Waals surface area (Å²) >= 11 is 0. The Morgan fingerprint density at radius 3 is 2.67 bits per heavy atom. The van der Waals surface area contributed by atoms with Gasteiger partial charge in [-0.25, -0.2) is 0 Å². The van der Waals surface area contributed by atoms with Crippen molar-refractivity contribution in [2.75, 3.05) is 0 Å². The molecule has 0 aliphatic carbocycles. The number of aromatic nitrogens is 1. The Hall–Kier alpha value is -1.38. The Kier molecular flexibility index (Phi) is 3.45. The van der Waals surface area contributed by atoms with Gasteiger partial charge >= 0.3 is 0 Å². The molecule has 0 saturated carbocycles. The average molecular weight is 206 g/mol. The lowest BCUT2D eigenvalue weighted by Gasteiger charge is -2.20. The van der Waals surface area contributed by atoms with E-state index in [0.717, 1.165) is 12.0 Å². The number of rotatable bonds is 2. The summed E-state index contributed by atoms with van der Waals surface area (Å²) in [4.78, 5) is 15.8. The first kappa shape index (κ1) is 11.7. The molecule has 0 aliphatic heterocycles. The van der Waals surface area contributed by atoms with Gasteiger partial charge in [-0.15, -0.1) is 0 Å². The number of amides is 1. The zero-order valence-corrected chi connectivity index (χ0v) is 9.79. The molecule has 1 rings (SSSR count). The molecule has 0 aliphatic rings. The van der Waals surface area contributed by atoms with E-state index in [2.05, 4.69) is 17.2 Å². The highest BCUT2D eigenvalue weighted by Gasteiger charge is 2.15. The highest BCUT2D eigenvalue weighted by Crippen LogP contribution is 2.05. The Labute approximate surface area is 90.9 Å². The van der Waals surface area contributed by atoms with E-state index in [0.29, 0.717) is 5.69 Å². The second-order valence-corrected chi connectivity index (χ2v) is 4.61. The molecule has 3 nitrogen and oxygen atoms in total. The van der Waals surface area contributed by atoms with Gasteiger partial charge in [0.1, 0.15) is 5.69 Å². The fourth-order valence-corrected chi connectivity index (χ4v) is 1.22. The van der Waals surface area contributed by atoms with Crippen molar-refractivity contribution < 1.29 is 4.79 Å². The lowest BCUT2D eigenvalue weighted by Crippen LogP contribution is -2.40. The van der Waals surface area contributed by atoms with Crippen LogP contribution in [0.25, 0.3) is 0 Å². The third-order valence-electron chi connectivity index (χ3n) is 1.95. The van der Waals surface area contributed by atoms with Crippen molar-refractivity contribution in [1.29, 1.82) is 0 Å². The van der Waals surface area contributed by atoms with Gasteiger partial charge in [0.05, 0.1) is 0 Å². The third kappa shape index (κ3) is 3.70. The molecule has 0 aromatic carbocycles. The lowest BCUT2D eigenvalue weighted by molar-refractivity contribution is 0.0914. The van der Waals surface area contributed by atoms with Crippen molar-refractivity contribution in [3.8, 4) is 0 Å². The Morgan fingerprint density at radius 2 is 2.13 bits per heavy atom. The van der Waals surface area contributed by atoms with Crippen LogP contribution in [0.4, 0.5) is 0 Å². The second-order valence-electron chi connectivity index (χ2n) is 4.61. The van der Waals surface area contributed by atoms with Crippen molar-refractivity contribution >= 4 is 5.91 Å². The normalized spacial score (nSPS) is 11.2. The summed E-state index contributed by atoms with van der Waals surface area (Å²) in [6.07, 6.45) is 2.59. The van der Waals surface area contributed by atoms with Crippen LogP contribution in [-0.4, -0.2) is 16.4 Å². The molecule has 15 heavy (non-hydrogen) atoms. The minimum absolute atomic E-state index is 0.113. The van der Waals surface area contributed by atoms with Crippen LogP contribution in [0.1, 0.15) is 43.7 Å². The maximum absolute atomic E-state index is 11.8. The van der Waals surface area contributed by atoms with Gasteiger partial charge in [-0.3, -0.25) is 9.78 Å². The molecule has 1 N–H and O–H groups in total. The van der Waals surface area contributed by atoms with Gasteiger partial charge in [0.15, 0.2) is 0 Å². The van der Waals surface area contributed by atoms with Crippen molar-refractivity contribution in [2.45, 2.75) is 39.7 Å². The molecule has 0 radical (unpaired) electrons. The number of nitrogens with zero attached hydrogens (tertiary/aromatic N) is 1. The van der Waals surface area contributed by atoms with Crippen LogP contribution < -0.4 is 5.32 Å². The smallest absolute Gasteiger partial charge is 0.270 e. The number of hydrogen-bond acceptors (Lipinski definition) is 2. The molecule has 82 valence electrons. The van der Waals surface area contributed by atoms with E-state index >= 15 is 0 Å². The predicted molar refractivity (Wildman–Crippen MR) is 60.8 cm³/mol. The molecule has 0 fully saturated rings. The zero-order valence-electron chi connectivity index (χ0n) is 9.79. The van der Waals surface area contributed by atoms with Gasteiger partial charge in [0.25, 0.3) is 5.91 Å². The summed E-state index contributed by atoms with van der Waals surface area (Å²) in [6, 6.07) is 3.76. The fraction of sp³-hybridized carbons (Fsp3) is 0.500. The van der Waals surface area contributed by atoms with Crippen molar-refractivity contribution in [3.05, 3.63) is 29.6 Å². The standard InChI is InChI=1S/C12H18N2O/c1-5-9-6-7-13-10(8-9)11(15)14-12(2,3)4/h6-8H,5H2,1-4H3,(H,14,15). The first-order chi connectivity index (χ1) is 6.92. The summed E-state index contributed by atoms with van der Waals surface area (Å²) < 4.78 is 0. The number of carbonyl (C=O) groups excluding carboxylic acids is 1. The van der Waals surface area contributed by atoms with Crippen LogP contribution in [-0.2, 0) is 6.42 Å². The Morgan fingerprint density at radius 1 is 1.47 bits per heavy atom. The molecule has 0 bridgehead atoms. The first-order valence-electron chi connectivity index (χ1n) is 5.20. The summed E-state index contributed by atoms with van der Waals surface area (Å²) in [7, 11) is 0. The van der Waals surface area contributed by atoms with E-state index in [9.17, 15) is 4.79 Å². The van der Waals surface area contributed by atoms with Crippen molar-refractivity contribution in [2.24, 2.45) is 0 Å². The quantitative estimate of drug-likeness (QED) is 0.805. The van der Waals surface area contributed by atoms with Gasteiger partial charge in [0.2, 0.25) is 0 Å². The van der Waals surface area contributed by atoms with Gasteiger partial charge in [-0.05, 0) is 44.9 Å². The van der Waals surface area contributed by atoms with Crippen LogP contribution in [0.5, 0.6) is 0 Å². The molecule has 0 spiro atoms. The van der Waals surface area contributed by atoms with Crippen LogP contribution >= 0.6 is 0 Å². The van der Waals surface area contributed by atoms with Gasteiger partial charge in [-0.2, -0.15) is 0 Å². The van der Waals surface area contributed by atoms with Gasteiger partial charge in [-0.1, -0.05) is 6.92 Å². The van der Waals surface area contributed by atoms with E-state index in [4.69, 9.17) is 0 Å². The van der Waals surface area contributed by atoms with Crippen LogP contribution in [0, 0.1) is 0 Å². The lowest BCUT2D eigenvalue weighted by atomic mass is 10.1. The van der Waals surface area contributed by atoms with E-state index < -0.39 is 0 Å². The van der Waals surface area contributed by atoms with Crippen LogP contribution in [0.15, 0.2) is 18.3 Å². The molecule has 1 aromatic rings. The summed E-state index contributed by atoms with van der Waals surface area (Å²) in [5, 5.41) is 2.89. The number of aryl methyl sites for hydroxylation is 1. The zero-order chi connectivity index (χ0) is 11.5. The number of hydrogen-bond donors (Lipinski definition) is 1. The first-order valence-corrected chi connectivity index (χ1v) is 5.20. The summed E-state index contributed by atoms with van der Waals surface area (Å²) in [5.74, 6) is -0.113. The van der Waals surface area contributed by atoms with Crippen molar-refractivity contribution in [3.63, 3.8) is 0 Å². The number of pyridine rings is 1. The molecule has 1 heterocycles. The minimum Gasteiger partial charge on any atom is -0.346 e. The topological polar surface area (TPSA) is 42.0 Å². The Balaban J connectivity index is 2.82. The number of carbonyl (C=O) groups is 1. The molecular weight excluding hydrogens is 188 g/mol. The molecule has 0 unspecified atom stereocenters. The van der Waals surface area contributed by atoms with Gasteiger partial charge in [0, 0.05) is 11.7 Å².